The smallest absolute Gasteiger partial charge is 0.258 e. The summed E-state index contributed by atoms with van der Waals surface area (Å²) in [4.78, 5) is 16.3. The molecule has 0 aliphatic heterocycles. The zero-order valence-corrected chi connectivity index (χ0v) is 14.3. The number of hydrogen-bond donors (Lipinski definition) is 0. The van der Waals surface area contributed by atoms with Crippen molar-refractivity contribution >= 4 is 17.2 Å². The van der Waals surface area contributed by atoms with E-state index >= 15 is 0 Å². The maximum Gasteiger partial charge on any atom is 0.258 e. The molecule has 0 saturated heterocycles. The highest BCUT2D eigenvalue weighted by Gasteiger charge is 2.34. The quantitative estimate of drug-likeness (QED) is 0.778. The molecule has 1 saturated carbocycles. The minimum atomic E-state index is 0.0276. The van der Waals surface area contributed by atoms with Gasteiger partial charge in [-0.2, -0.15) is 0 Å². The van der Waals surface area contributed by atoms with Crippen LogP contribution in [-0.4, -0.2) is 37.6 Å². The molecule has 1 amide bonds. The number of para-hydroxylation sites is 1. The van der Waals surface area contributed by atoms with Crippen LogP contribution in [-0.2, 0) is 6.42 Å². The summed E-state index contributed by atoms with van der Waals surface area (Å²) < 4.78 is 10.7. The average molecular weight is 331 g/mol. The summed E-state index contributed by atoms with van der Waals surface area (Å²) in [7, 11) is 3.16. The van der Waals surface area contributed by atoms with Crippen LogP contribution in [0.1, 0.15) is 28.1 Å². The minimum Gasteiger partial charge on any atom is -0.493 e. The van der Waals surface area contributed by atoms with E-state index in [0.717, 1.165) is 25.8 Å². The summed E-state index contributed by atoms with van der Waals surface area (Å²) in [6, 6.07) is 9.98. The van der Waals surface area contributed by atoms with Crippen LogP contribution in [0.3, 0.4) is 0 Å². The van der Waals surface area contributed by atoms with Crippen molar-refractivity contribution in [2.45, 2.75) is 25.3 Å². The van der Waals surface area contributed by atoms with Crippen LogP contribution in [0.15, 0.2) is 35.7 Å². The third-order valence-corrected chi connectivity index (χ3v) is 5.00. The molecule has 1 fully saturated rings. The number of benzene rings is 1. The predicted octanol–water partition coefficient (Wildman–Crippen LogP) is 3.61. The Balaban J connectivity index is 1.81. The van der Waals surface area contributed by atoms with Gasteiger partial charge in [0.2, 0.25) is 0 Å². The number of thiophene rings is 1. The lowest BCUT2D eigenvalue weighted by Gasteiger charge is -2.23. The molecule has 1 aliphatic rings. The van der Waals surface area contributed by atoms with Gasteiger partial charge in [0, 0.05) is 17.5 Å². The highest BCUT2D eigenvalue weighted by atomic mass is 32.1. The maximum absolute atomic E-state index is 13.0. The van der Waals surface area contributed by atoms with Crippen molar-refractivity contribution in [3.63, 3.8) is 0 Å². The van der Waals surface area contributed by atoms with E-state index in [9.17, 15) is 4.79 Å². The van der Waals surface area contributed by atoms with Crippen LogP contribution in [0.5, 0.6) is 11.5 Å². The van der Waals surface area contributed by atoms with Crippen molar-refractivity contribution in [1.29, 1.82) is 0 Å². The topological polar surface area (TPSA) is 38.8 Å². The summed E-state index contributed by atoms with van der Waals surface area (Å²) in [5, 5.41) is 2.07. The molecule has 5 heteroatoms. The van der Waals surface area contributed by atoms with Gasteiger partial charge in [-0.1, -0.05) is 12.1 Å². The molecule has 0 atom stereocenters. The zero-order valence-electron chi connectivity index (χ0n) is 13.5. The van der Waals surface area contributed by atoms with E-state index in [0.29, 0.717) is 23.1 Å². The van der Waals surface area contributed by atoms with Gasteiger partial charge in [0.25, 0.3) is 5.91 Å². The monoisotopic (exact) mass is 331 g/mol. The number of carbonyl (C=O) groups is 1. The Labute approximate surface area is 140 Å². The van der Waals surface area contributed by atoms with Gasteiger partial charge < -0.3 is 14.4 Å². The van der Waals surface area contributed by atoms with Gasteiger partial charge in [-0.05, 0) is 42.8 Å². The SMILES string of the molecule is COc1cccc(C(=O)N(CCc2cccs2)C2CC2)c1OC. The van der Waals surface area contributed by atoms with E-state index in [1.807, 2.05) is 29.2 Å². The van der Waals surface area contributed by atoms with Gasteiger partial charge >= 0.3 is 0 Å². The van der Waals surface area contributed by atoms with Gasteiger partial charge in [0.1, 0.15) is 0 Å². The largest absolute Gasteiger partial charge is 0.493 e. The number of nitrogens with zero attached hydrogens (tertiary/aromatic N) is 1. The number of hydrogen-bond acceptors (Lipinski definition) is 4. The second kappa shape index (κ2) is 7.04. The molecule has 2 aromatic rings. The summed E-state index contributed by atoms with van der Waals surface area (Å²) >= 11 is 1.74. The van der Waals surface area contributed by atoms with Crippen molar-refractivity contribution < 1.29 is 14.3 Å². The standard InChI is InChI=1S/C18H21NO3S/c1-21-16-7-3-6-15(17(16)22-2)18(20)19(13-8-9-13)11-10-14-5-4-12-23-14/h3-7,12-13H,8-11H2,1-2H3. The average Bonchev–Trinajstić information content (AvgIpc) is 3.28. The predicted molar refractivity (Wildman–Crippen MR) is 91.6 cm³/mol. The van der Waals surface area contributed by atoms with Crippen LogP contribution in [0.4, 0.5) is 0 Å². The molecule has 1 aromatic heterocycles. The van der Waals surface area contributed by atoms with E-state index in [1.165, 1.54) is 4.88 Å². The van der Waals surface area contributed by atoms with Gasteiger partial charge in [-0.3, -0.25) is 4.79 Å². The van der Waals surface area contributed by atoms with Crippen molar-refractivity contribution in [3.05, 3.63) is 46.2 Å². The van der Waals surface area contributed by atoms with Crippen LogP contribution in [0.2, 0.25) is 0 Å². The van der Waals surface area contributed by atoms with Crippen LogP contribution in [0, 0.1) is 0 Å². The Bertz CT molecular complexity index is 665. The van der Waals surface area contributed by atoms with Crippen LogP contribution in [0.25, 0.3) is 0 Å². The first-order valence-corrected chi connectivity index (χ1v) is 8.67. The molecule has 0 bridgehead atoms. The number of rotatable bonds is 7. The first-order valence-electron chi connectivity index (χ1n) is 7.79. The van der Waals surface area contributed by atoms with Crippen molar-refractivity contribution in [2.24, 2.45) is 0 Å². The lowest BCUT2D eigenvalue weighted by molar-refractivity contribution is 0.0741. The molecule has 1 aliphatic carbocycles. The second-order valence-corrected chi connectivity index (χ2v) is 6.63. The zero-order chi connectivity index (χ0) is 16.2. The molecule has 0 unspecified atom stereocenters. The Morgan fingerprint density at radius 3 is 2.65 bits per heavy atom. The summed E-state index contributed by atoms with van der Waals surface area (Å²) in [5.74, 6) is 1.13. The molecule has 1 heterocycles. The summed E-state index contributed by atoms with van der Waals surface area (Å²) in [5.41, 5.74) is 0.574. The van der Waals surface area contributed by atoms with E-state index < -0.39 is 0 Å². The molecule has 3 rings (SSSR count). The van der Waals surface area contributed by atoms with Gasteiger partial charge in [-0.15, -0.1) is 11.3 Å². The molecular formula is C18H21NO3S. The van der Waals surface area contributed by atoms with E-state index in [-0.39, 0.29) is 5.91 Å². The first kappa shape index (κ1) is 15.9. The Morgan fingerprint density at radius 1 is 1.22 bits per heavy atom. The minimum absolute atomic E-state index is 0.0276. The molecular weight excluding hydrogens is 310 g/mol. The number of methoxy groups -OCH3 is 2. The Morgan fingerprint density at radius 2 is 2.04 bits per heavy atom. The van der Waals surface area contributed by atoms with E-state index in [4.69, 9.17) is 9.47 Å². The summed E-state index contributed by atoms with van der Waals surface area (Å²) in [6.07, 6.45) is 3.07. The fraction of sp³-hybridized carbons (Fsp3) is 0.389. The normalized spacial score (nSPS) is 13.7. The second-order valence-electron chi connectivity index (χ2n) is 5.60. The van der Waals surface area contributed by atoms with E-state index in [2.05, 4.69) is 11.4 Å². The van der Waals surface area contributed by atoms with Crippen molar-refractivity contribution in [3.8, 4) is 11.5 Å². The van der Waals surface area contributed by atoms with Crippen molar-refractivity contribution in [2.75, 3.05) is 20.8 Å². The molecule has 0 N–H and O–H groups in total. The van der Waals surface area contributed by atoms with Gasteiger partial charge in [-0.25, -0.2) is 0 Å². The lowest BCUT2D eigenvalue weighted by Crippen LogP contribution is -2.35. The van der Waals surface area contributed by atoms with Gasteiger partial charge in [0.05, 0.1) is 19.8 Å². The Kier molecular flexibility index (Phi) is 4.86. The molecule has 0 spiro atoms. The highest BCUT2D eigenvalue weighted by Crippen LogP contribution is 2.34. The van der Waals surface area contributed by atoms with E-state index in [1.54, 1.807) is 25.6 Å². The first-order chi connectivity index (χ1) is 11.2. The van der Waals surface area contributed by atoms with Crippen LogP contribution >= 0.6 is 11.3 Å². The van der Waals surface area contributed by atoms with Gasteiger partial charge in [0.15, 0.2) is 11.5 Å². The maximum atomic E-state index is 13.0. The number of ether oxygens (including phenoxy) is 2. The summed E-state index contributed by atoms with van der Waals surface area (Å²) in [6.45, 7) is 0.740. The van der Waals surface area contributed by atoms with Crippen molar-refractivity contribution in [1.82, 2.24) is 4.90 Å². The number of carbonyl (C=O) groups excluding carboxylic acids is 1. The third-order valence-electron chi connectivity index (χ3n) is 4.06. The molecule has 4 nitrogen and oxygen atoms in total. The molecule has 23 heavy (non-hydrogen) atoms. The highest BCUT2D eigenvalue weighted by molar-refractivity contribution is 7.09. The van der Waals surface area contributed by atoms with Crippen LogP contribution < -0.4 is 9.47 Å². The fourth-order valence-corrected chi connectivity index (χ4v) is 3.43. The number of amides is 1. The molecule has 0 radical (unpaired) electrons. The lowest BCUT2D eigenvalue weighted by atomic mass is 10.1. The Hall–Kier alpha value is -2.01. The molecule has 122 valence electrons. The fourth-order valence-electron chi connectivity index (χ4n) is 2.73. The third kappa shape index (κ3) is 3.50. The molecule has 1 aromatic carbocycles.